The monoisotopic (exact) mass is 359 g/mol. The Labute approximate surface area is 148 Å². The van der Waals surface area contributed by atoms with Crippen molar-refractivity contribution in [1.82, 2.24) is 10.2 Å². The van der Waals surface area contributed by atoms with Crippen molar-refractivity contribution in [1.29, 1.82) is 0 Å². The van der Waals surface area contributed by atoms with Crippen LogP contribution in [0.25, 0.3) is 17.1 Å². The number of rotatable bonds is 5. The van der Waals surface area contributed by atoms with Gasteiger partial charge in [-0.25, -0.2) is 0 Å². The number of nitrogens with one attached hydrogen (secondary N) is 1. The number of hydrogen-bond donors (Lipinski definition) is 1. The predicted molar refractivity (Wildman–Crippen MR) is 91.0 cm³/mol. The summed E-state index contributed by atoms with van der Waals surface area (Å²) in [4.78, 5) is 10.8. The van der Waals surface area contributed by atoms with E-state index in [4.69, 9.17) is 11.6 Å². The van der Waals surface area contributed by atoms with Crippen molar-refractivity contribution in [2.45, 2.75) is 12.1 Å². The lowest BCUT2D eigenvalue weighted by atomic mass is 10.1. The summed E-state index contributed by atoms with van der Waals surface area (Å²) in [6.45, 7) is 2.01. The molecule has 0 atom stereocenters. The average molecular weight is 360 g/mol. The maximum atomic E-state index is 10.8. The van der Waals surface area contributed by atoms with E-state index in [0.29, 0.717) is 10.2 Å². The van der Waals surface area contributed by atoms with Gasteiger partial charge in [-0.2, -0.15) is 4.57 Å². The van der Waals surface area contributed by atoms with Crippen molar-refractivity contribution >= 4 is 29.3 Å². The molecule has 5 nitrogen and oxygen atoms in total. The summed E-state index contributed by atoms with van der Waals surface area (Å²) in [5.41, 5.74) is 2.91. The van der Waals surface area contributed by atoms with Crippen LogP contribution in [0.3, 0.4) is 0 Å². The highest BCUT2D eigenvalue weighted by atomic mass is 35.5. The smallest absolute Gasteiger partial charge is 0.342 e. The van der Waals surface area contributed by atoms with Crippen LogP contribution in [-0.2, 0) is 4.79 Å². The molecule has 0 aliphatic rings. The molecule has 7 heteroatoms. The van der Waals surface area contributed by atoms with Gasteiger partial charge in [0.15, 0.2) is 0 Å². The number of halogens is 1. The lowest BCUT2D eigenvalue weighted by molar-refractivity contribution is -0.625. The van der Waals surface area contributed by atoms with Gasteiger partial charge in [-0.15, -0.1) is 5.10 Å². The molecule has 0 amide bonds. The SMILES string of the molecule is Cc1cccc(-c2[nH]nc(SCC(=O)[O-])[n+]2-c2ccc(Cl)cc2)c1. The van der Waals surface area contributed by atoms with Crippen molar-refractivity contribution in [2.75, 3.05) is 5.75 Å². The fourth-order valence-electron chi connectivity index (χ4n) is 2.33. The van der Waals surface area contributed by atoms with Gasteiger partial charge in [0.2, 0.25) is 0 Å². The Balaban J connectivity index is 2.12. The first-order valence-electron chi connectivity index (χ1n) is 7.20. The summed E-state index contributed by atoms with van der Waals surface area (Å²) in [7, 11) is 0. The molecule has 3 aromatic rings. The molecule has 0 radical (unpaired) electrons. The van der Waals surface area contributed by atoms with Crippen molar-refractivity contribution < 1.29 is 14.5 Å². The van der Waals surface area contributed by atoms with Gasteiger partial charge in [0.1, 0.15) is 5.69 Å². The molecule has 3 rings (SSSR count). The Morgan fingerprint density at radius 3 is 2.71 bits per heavy atom. The number of carboxylic acids is 1. The topological polar surface area (TPSA) is 72.7 Å². The number of thioether (sulfide) groups is 1. The van der Waals surface area contributed by atoms with Gasteiger partial charge in [0.05, 0.1) is 16.6 Å². The summed E-state index contributed by atoms with van der Waals surface area (Å²) in [6.07, 6.45) is 0. The van der Waals surface area contributed by atoms with Gasteiger partial charge in [-0.3, -0.25) is 0 Å². The predicted octanol–water partition coefficient (Wildman–Crippen LogP) is 2.16. The van der Waals surface area contributed by atoms with Crippen molar-refractivity contribution in [3.8, 4) is 17.1 Å². The third kappa shape index (κ3) is 3.60. The van der Waals surface area contributed by atoms with E-state index in [0.717, 1.165) is 34.4 Å². The molecule has 0 unspecified atom stereocenters. The van der Waals surface area contributed by atoms with Gasteiger partial charge < -0.3 is 9.90 Å². The first-order chi connectivity index (χ1) is 11.5. The molecule has 0 saturated heterocycles. The van der Waals surface area contributed by atoms with E-state index in [2.05, 4.69) is 10.2 Å². The number of aromatic amines is 1. The zero-order chi connectivity index (χ0) is 17.1. The normalized spacial score (nSPS) is 10.8. The maximum Gasteiger partial charge on any atom is 0.342 e. The lowest BCUT2D eigenvalue weighted by Crippen LogP contribution is -2.34. The second-order valence-electron chi connectivity index (χ2n) is 5.20. The maximum absolute atomic E-state index is 10.8. The Kier molecular flexibility index (Phi) is 4.87. The molecule has 0 aliphatic carbocycles. The number of carboxylic acid groups (broad SMARTS) is 1. The Morgan fingerprint density at radius 1 is 1.29 bits per heavy atom. The number of hydrogen-bond acceptors (Lipinski definition) is 4. The quantitative estimate of drug-likeness (QED) is 0.559. The van der Waals surface area contributed by atoms with Gasteiger partial charge in [-0.05, 0) is 55.1 Å². The molecule has 0 spiro atoms. The lowest BCUT2D eigenvalue weighted by Gasteiger charge is -2.05. The molecule has 1 N–H and O–H groups in total. The van der Waals surface area contributed by atoms with Crippen LogP contribution in [0, 0.1) is 6.92 Å². The summed E-state index contributed by atoms with van der Waals surface area (Å²) < 4.78 is 1.87. The second kappa shape index (κ2) is 7.07. The van der Waals surface area contributed by atoms with Crippen LogP contribution in [0.1, 0.15) is 5.56 Å². The van der Waals surface area contributed by atoms with Crippen LogP contribution in [0.5, 0.6) is 0 Å². The Hall–Kier alpha value is -2.31. The van der Waals surface area contributed by atoms with Crippen molar-refractivity contribution in [3.63, 3.8) is 0 Å². The third-order valence-corrected chi connectivity index (χ3v) is 4.53. The number of carbonyl (C=O) groups is 1. The molecule has 0 aliphatic heterocycles. The van der Waals surface area contributed by atoms with Crippen LogP contribution in [0.2, 0.25) is 5.02 Å². The summed E-state index contributed by atoms with van der Waals surface area (Å²) >= 11 is 7.07. The molecule has 24 heavy (non-hydrogen) atoms. The largest absolute Gasteiger partial charge is 0.549 e. The standard InChI is InChI=1S/C17H14ClN3O2S/c1-11-3-2-4-12(9-11)16-19-20-17(24-10-15(22)23)21(16)14-7-5-13(18)6-8-14/h2-9H,10H2,1H3,(H,22,23). The first kappa shape index (κ1) is 16.5. The number of aliphatic carboxylic acids is 1. The van der Waals surface area contributed by atoms with Crippen LogP contribution in [0.4, 0.5) is 0 Å². The van der Waals surface area contributed by atoms with Crippen molar-refractivity contribution in [3.05, 3.63) is 59.1 Å². The number of aromatic nitrogens is 3. The zero-order valence-electron chi connectivity index (χ0n) is 12.8. The zero-order valence-corrected chi connectivity index (χ0v) is 14.4. The fourth-order valence-corrected chi connectivity index (χ4v) is 3.14. The molecular formula is C17H14ClN3O2S. The number of aryl methyl sites for hydroxylation is 1. The average Bonchev–Trinajstić information content (AvgIpc) is 2.97. The highest BCUT2D eigenvalue weighted by Crippen LogP contribution is 2.21. The minimum Gasteiger partial charge on any atom is -0.549 e. The van der Waals surface area contributed by atoms with Gasteiger partial charge >= 0.3 is 5.16 Å². The Morgan fingerprint density at radius 2 is 2.04 bits per heavy atom. The number of nitrogens with zero attached hydrogens (tertiary/aromatic N) is 2. The van der Waals surface area contributed by atoms with Crippen LogP contribution in [-0.4, -0.2) is 21.9 Å². The molecule has 2 aromatic carbocycles. The third-order valence-electron chi connectivity index (χ3n) is 3.37. The minimum absolute atomic E-state index is 0.175. The van der Waals surface area contributed by atoms with Crippen LogP contribution < -0.4 is 9.67 Å². The van der Waals surface area contributed by atoms with Gasteiger partial charge in [0.25, 0.3) is 5.82 Å². The summed E-state index contributed by atoms with van der Waals surface area (Å²) in [5.74, 6) is -0.546. The Bertz CT molecular complexity index is 878. The molecule has 0 bridgehead atoms. The van der Waals surface area contributed by atoms with Gasteiger partial charge in [-0.1, -0.05) is 29.3 Å². The molecular weight excluding hydrogens is 346 g/mol. The van der Waals surface area contributed by atoms with E-state index in [1.54, 1.807) is 12.1 Å². The molecule has 1 aromatic heterocycles. The molecule has 0 saturated carbocycles. The van der Waals surface area contributed by atoms with E-state index < -0.39 is 5.97 Å². The minimum atomic E-state index is -1.14. The fraction of sp³-hybridized carbons (Fsp3) is 0.118. The summed E-state index contributed by atoms with van der Waals surface area (Å²) in [5, 5.41) is 19.2. The summed E-state index contributed by atoms with van der Waals surface area (Å²) in [6, 6.07) is 15.3. The first-order valence-corrected chi connectivity index (χ1v) is 8.57. The second-order valence-corrected chi connectivity index (χ2v) is 6.58. The van der Waals surface area contributed by atoms with E-state index in [9.17, 15) is 9.90 Å². The van der Waals surface area contributed by atoms with Crippen LogP contribution >= 0.6 is 23.4 Å². The highest BCUT2D eigenvalue weighted by molar-refractivity contribution is 7.99. The van der Waals surface area contributed by atoms with E-state index in [1.165, 1.54) is 0 Å². The molecule has 0 fully saturated rings. The number of benzene rings is 2. The van der Waals surface area contributed by atoms with Crippen LogP contribution in [0.15, 0.2) is 53.7 Å². The van der Waals surface area contributed by atoms with E-state index >= 15 is 0 Å². The van der Waals surface area contributed by atoms with Crippen molar-refractivity contribution in [2.24, 2.45) is 0 Å². The van der Waals surface area contributed by atoms with E-state index in [-0.39, 0.29) is 5.75 Å². The van der Waals surface area contributed by atoms with E-state index in [1.807, 2.05) is 47.9 Å². The van der Waals surface area contributed by atoms with Gasteiger partial charge in [0, 0.05) is 10.8 Å². The number of H-pyrrole nitrogens is 1. The molecule has 1 heterocycles. The molecule has 122 valence electrons. The highest BCUT2D eigenvalue weighted by Gasteiger charge is 2.23. The number of carbonyl (C=O) groups excluding carboxylic acids is 1.